The molecule has 2 heteroatoms. The molecular formula is C14H30N2. The van der Waals surface area contributed by atoms with E-state index in [1.165, 1.54) is 38.8 Å². The summed E-state index contributed by atoms with van der Waals surface area (Å²) in [6.45, 7) is 11.7. The lowest BCUT2D eigenvalue weighted by molar-refractivity contribution is 0.148. The van der Waals surface area contributed by atoms with Crippen LogP contribution in [0.25, 0.3) is 0 Å². The first-order valence-corrected chi connectivity index (χ1v) is 6.90. The average Bonchev–Trinajstić information content (AvgIpc) is 2.98. The highest BCUT2D eigenvalue weighted by atomic mass is 15.1. The molecule has 1 N–H and O–H groups in total. The lowest BCUT2D eigenvalue weighted by Gasteiger charge is -2.36. The van der Waals surface area contributed by atoms with Crippen molar-refractivity contribution in [2.24, 2.45) is 5.41 Å². The highest BCUT2D eigenvalue weighted by Gasteiger charge is 2.29. The highest BCUT2D eigenvalue weighted by Crippen LogP contribution is 2.27. The normalized spacial score (nSPS) is 20.4. The first-order chi connectivity index (χ1) is 7.47. The Balaban J connectivity index is 2.41. The van der Waals surface area contributed by atoms with E-state index in [-0.39, 0.29) is 0 Å². The van der Waals surface area contributed by atoms with Gasteiger partial charge >= 0.3 is 0 Å². The largest absolute Gasteiger partial charge is 0.313 e. The van der Waals surface area contributed by atoms with Gasteiger partial charge in [-0.3, -0.25) is 0 Å². The first kappa shape index (κ1) is 14.0. The van der Waals surface area contributed by atoms with Crippen molar-refractivity contribution in [1.82, 2.24) is 10.2 Å². The predicted molar refractivity (Wildman–Crippen MR) is 71.8 cm³/mol. The van der Waals surface area contributed by atoms with Crippen LogP contribution in [-0.2, 0) is 0 Å². The summed E-state index contributed by atoms with van der Waals surface area (Å²) < 4.78 is 0. The minimum Gasteiger partial charge on any atom is -0.313 e. The molecule has 1 rings (SSSR count). The van der Waals surface area contributed by atoms with Crippen LogP contribution in [0.5, 0.6) is 0 Å². The molecule has 0 bridgehead atoms. The van der Waals surface area contributed by atoms with Crippen molar-refractivity contribution in [1.29, 1.82) is 0 Å². The first-order valence-electron chi connectivity index (χ1n) is 6.90. The lowest BCUT2D eigenvalue weighted by atomic mass is 9.84. The Hall–Kier alpha value is -0.0800. The molecule has 0 amide bonds. The Morgan fingerprint density at radius 2 is 2.00 bits per heavy atom. The standard InChI is InChI=1S/C14H30N2/c1-6-9-14(4,10-15-13-7-8-13)11-16(5)12(2)3/h12-13,15H,6-11H2,1-5H3. The monoisotopic (exact) mass is 226 g/mol. The summed E-state index contributed by atoms with van der Waals surface area (Å²) >= 11 is 0. The summed E-state index contributed by atoms with van der Waals surface area (Å²) in [7, 11) is 2.25. The Morgan fingerprint density at radius 1 is 1.38 bits per heavy atom. The topological polar surface area (TPSA) is 15.3 Å². The minimum absolute atomic E-state index is 0.441. The zero-order valence-electron chi connectivity index (χ0n) is 11.8. The molecule has 0 saturated heterocycles. The quantitative estimate of drug-likeness (QED) is 0.684. The molecule has 0 radical (unpaired) electrons. The van der Waals surface area contributed by atoms with Gasteiger partial charge < -0.3 is 10.2 Å². The van der Waals surface area contributed by atoms with Crippen LogP contribution in [0.1, 0.15) is 53.4 Å². The zero-order valence-corrected chi connectivity index (χ0v) is 11.8. The van der Waals surface area contributed by atoms with Crippen LogP contribution < -0.4 is 5.32 Å². The molecule has 1 atom stereocenters. The van der Waals surface area contributed by atoms with Gasteiger partial charge in [0.1, 0.15) is 0 Å². The van der Waals surface area contributed by atoms with Crippen LogP contribution in [0.3, 0.4) is 0 Å². The summed E-state index contributed by atoms with van der Waals surface area (Å²) in [5, 5.41) is 3.70. The molecule has 0 aromatic rings. The van der Waals surface area contributed by atoms with Crippen LogP contribution in [0.2, 0.25) is 0 Å². The van der Waals surface area contributed by atoms with Crippen molar-refractivity contribution in [3.05, 3.63) is 0 Å². The summed E-state index contributed by atoms with van der Waals surface area (Å²) in [5.41, 5.74) is 0.441. The van der Waals surface area contributed by atoms with E-state index in [1.54, 1.807) is 0 Å². The van der Waals surface area contributed by atoms with Crippen LogP contribution in [0.4, 0.5) is 0 Å². The van der Waals surface area contributed by atoms with Gasteiger partial charge in [0.2, 0.25) is 0 Å². The van der Waals surface area contributed by atoms with Gasteiger partial charge in [-0.05, 0) is 45.6 Å². The summed E-state index contributed by atoms with van der Waals surface area (Å²) in [6, 6.07) is 1.48. The maximum Gasteiger partial charge on any atom is 0.00684 e. The fourth-order valence-electron chi connectivity index (χ4n) is 2.29. The maximum absolute atomic E-state index is 3.70. The predicted octanol–water partition coefficient (Wildman–Crippen LogP) is 2.89. The number of hydrogen-bond donors (Lipinski definition) is 1. The van der Waals surface area contributed by atoms with E-state index in [0.717, 1.165) is 6.04 Å². The third-order valence-electron chi connectivity index (χ3n) is 3.76. The number of rotatable bonds is 8. The molecule has 0 aromatic carbocycles. The van der Waals surface area contributed by atoms with Crippen molar-refractivity contribution in [2.75, 3.05) is 20.1 Å². The molecule has 1 unspecified atom stereocenters. The Kier molecular flexibility index (Phi) is 5.26. The molecule has 16 heavy (non-hydrogen) atoms. The van der Waals surface area contributed by atoms with Gasteiger partial charge in [-0.15, -0.1) is 0 Å². The second-order valence-electron chi connectivity index (χ2n) is 6.22. The Labute approximate surface area is 102 Å². The zero-order chi connectivity index (χ0) is 12.2. The molecule has 1 aliphatic rings. The van der Waals surface area contributed by atoms with Crippen molar-refractivity contribution in [2.45, 2.75) is 65.5 Å². The summed E-state index contributed by atoms with van der Waals surface area (Å²) in [6.07, 6.45) is 5.39. The van der Waals surface area contributed by atoms with E-state index in [1.807, 2.05) is 0 Å². The van der Waals surface area contributed by atoms with Crippen molar-refractivity contribution in [3.63, 3.8) is 0 Å². The van der Waals surface area contributed by atoms with E-state index in [0.29, 0.717) is 11.5 Å². The maximum atomic E-state index is 3.70. The molecule has 0 aromatic heterocycles. The smallest absolute Gasteiger partial charge is 0.00684 e. The van der Waals surface area contributed by atoms with Gasteiger partial charge in [-0.2, -0.15) is 0 Å². The van der Waals surface area contributed by atoms with Crippen molar-refractivity contribution < 1.29 is 0 Å². The highest BCUT2D eigenvalue weighted by molar-refractivity contribution is 4.87. The van der Waals surface area contributed by atoms with Gasteiger partial charge in [0.25, 0.3) is 0 Å². The fourth-order valence-corrected chi connectivity index (χ4v) is 2.29. The third kappa shape index (κ3) is 4.84. The summed E-state index contributed by atoms with van der Waals surface area (Å²) in [4.78, 5) is 2.48. The van der Waals surface area contributed by atoms with Gasteiger partial charge in [0.15, 0.2) is 0 Å². The second-order valence-corrected chi connectivity index (χ2v) is 6.22. The second kappa shape index (κ2) is 6.02. The molecule has 0 heterocycles. The molecule has 1 saturated carbocycles. The lowest BCUT2D eigenvalue weighted by Crippen LogP contribution is -2.43. The van der Waals surface area contributed by atoms with E-state index in [2.05, 4.69) is 45.0 Å². The fraction of sp³-hybridized carbons (Fsp3) is 1.00. The van der Waals surface area contributed by atoms with E-state index in [9.17, 15) is 0 Å². The van der Waals surface area contributed by atoms with E-state index >= 15 is 0 Å². The number of hydrogen-bond acceptors (Lipinski definition) is 2. The SMILES string of the molecule is CCCC(C)(CNC1CC1)CN(C)C(C)C. The number of nitrogens with zero attached hydrogens (tertiary/aromatic N) is 1. The molecule has 2 nitrogen and oxygen atoms in total. The van der Waals surface area contributed by atoms with Gasteiger partial charge in [0, 0.05) is 25.2 Å². The van der Waals surface area contributed by atoms with Crippen LogP contribution >= 0.6 is 0 Å². The molecule has 96 valence electrons. The van der Waals surface area contributed by atoms with Crippen molar-refractivity contribution >= 4 is 0 Å². The van der Waals surface area contributed by atoms with Gasteiger partial charge in [-0.1, -0.05) is 20.3 Å². The van der Waals surface area contributed by atoms with Crippen LogP contribution in [-0.4, -0.2) is 37.1 Å². The van der Waals surface area contributed by atoms with Crippen LogP contribution in [0, 0.1) is 5.41 Å². The van der Waals surface area contributed by atoms with Gasteiger partial charge in [0.05, 0.1) is 0 Å². The molecule has 0 spiro atoms. The third-order valence-corrected chi connectivity index (χ3v) is 3.76. The van der Waals surface area contributed by atoms with E-state index < -0.39 is 0 Å². The summed E-state index contributed by atoms with van der Waals surface area (Å²) in [5.74, 6) is 0. The average molecular weight is 226 g/mol. The molecule has 1 fully saturated rings. The van der Waals surface area contributed by atoms with E-state index in [4.69, 9.17) is 0 Å². The molecule has 1 aliphatic carbocycles. The number of nitrogens with one attached hydrogen (secondary N) is 1. The Morgan fingerprint density at radius 3 is 2.44 bits per heavy atom. The molecular weight excluding hydrogens is 196 g/mol. The molecule has 0 aliphatic heterocycles. The minimum atomic E-state index is 0.441. The van der Waals surface area contributed by atoms with Crippen LogP contribution in [0.15, 0.2) is 0 Å². The Bertz CT molecular complexity index is 199. The van der Waals surface area contributed by atoms with Crippen molar-refractivity contribution in [3.8, 4) is 0 Å². The van der Waals surface area contributed by atoms with Gasteiger partial charge in [-0.25, -0.2) is 0 Å².